The lowest BCUT2D eigenvalue weighted by molar-refractivity contribution is 0.0685. The second kappa shape index (κ2) is 3.49. The molecule has 0 saturated carbocycles. The van der Waals surface area contributed by atoms with Gasteiger partial charge in [-0.15, -0.1) is 0 Å². The summed E-state index contributed by atoms with van der Waals surface area (Å²) in [6.07, 6.45) is 1.26. The quantitative estimate of drug-likeness (QED) is 0.717. The molecule has 0 unspecified atom stereocenters. The van der Waals surface area contributed by atoms with Crippen molar-refractivity contribution in [1.29, 1.82) is 0 Å². The van der Waals surface area contributed by atoms with Crippen molar-refractivity contribution in [1.82, 2.24) is 4.98 Å². The van der Waals surface area contributed by atoms with Gasteiger partial charge >= 0.3 is 5.97 Å². The number of aromatic nitrogens is 1. The summed E-state index contributed by atoms with van der Waals surface area (Å²) < 4.78 is 13.0. The maximum absolute atomic E-state index is 13.0. The summed E-state index contributed by atoms with van der Waals surface area (Å²) in [5.74, 6) is -2.24. The largest absolute Gasteiger partial charge is 0.476 e. The smallest absolute Gasteiger partial charge is 0.357 e. The first kappa shape index (κ1) is 9.60. The third-order valence-electron chi connectivity index (χ3n) is 1.59. The Kier molecular flexibility index (Phi) is 2.57. The van der Waals surface area contributed by atoms with Crippen LogP contribution in [0.25, 0.3) is 0 Å². The Labute approximate surface area is 74.2 Å². The molecule has 70 valence electrons. The van der Waals surface area contributed by atoms with Gasteiger partial charge in [0.1, 0.15) is 0 Å². The Morgan fingerprint density at radius 1 is 1.77 bits per heavy atom. The van der Waals surface area contributed by atoms with E-state index in [1.54, 1.807) is 6.92 Å². The highest BCUT2D eigenvalue weighted by atomic mass is 19.1. The van der Waals surface area contributed by atoms with Crippen LogP contribution in [0.4, 0.5) is 4.39 Å². The van der Waals surface area contributed by atoms with Crippen LogP contribution in [0.5, 0.6) is 0 Å². The van der Waals surface area contributed by atoms with E-state index in [0.717, 1.165) is 6.07 Å². The number of carbonyl (C=O) groups is 1. The van der Waals surface area contributed by atoms with Crippen molar-refractivity contribution in [2.45, 2.75) is 13.0 Å². The molecule has 1 heterocycles. The first-order valence-electron chi connectivity index (χ1n) is 3.66. The van der Waals surface area contributed by atoms with Crippen LogP contribution < -0.4 is 5.73 Å². The van der Waals surface area contributed by atoms with Crippen LogP contribution in [-0.2, 0) is 0 Å². The summed E-state index contributed by atoms with van der Waals surface area (Å²) in [5.41, 5.74) is 5.35. The maximum Gasteiger partial charge on any atom is 0.357 e. The van der Waals surface area contributed by atoms with Gasteiger partial charge in [-0.1, -0.05) is 0 Å². The van der Waals surface area contributed by atoms with Crippen molar-refractivity contribution in [3.05, 3.63) is 29.3 Å². The highest BCUT2D eigenvalue weighted by Crippen LogP contribution is 2.12. The fourth-order valence-electron chi connectivity index (χ4n) is 0.859. The predicted molar refractivity (Wildman–Crippen MR) is 43.8 cm³/mol. The van der Waals surface area contributed by atoms with Crippen LogP contribution in [-0.4, -0.2) is 16.1 Å². The van der Waals surface area contributed by atoms with E-state index in [1.807, 2.05) is 0 Å². The average Bonchev–Trinajstić information content (AvgIpc) is 2.03. The molecule has 0 aromatic carbocycles. The molecule has 4 nitrogen and oxygen atoms in total. The third-order valence-corrected chi connectivity index (χ3v) is 1.59. The van der Waals surface area contributed by atoms with Crippen LogP contribution in [0.2, 0.25) is 0 Å². The van der Waals surface area contributed by atoms with Gasteiger partial charge in [0.05, 0.1) is 0 Å². The van der Waals surface area contributed by atoms with Gasteiger partial charge in [0.2, 0.25) is 0 Å². The zero-order valence-corrected chi connectivity index (χ0v) is 6.99. The Bertz CT molecular complexity index is 339. The molecule has 0 spiro atoms. The molecule has 0 saturated heterocycles. The molecular formula is C8H9FN2O2. The standard InChI is InChI=1S/C8H9FN2O2/c1-4(10)5-2-6(9)7(8(12)13)11-3-5/h2-4H,10H2,1H3,(H,12,13)/t4-/m1/s1. The molecule has 0 amide bonds. The molecule has 0 bridgehead atoms. The number of carboxylic acids is 1. The third kappa shape index (κ3) is 2.00. The first-order valence-corrected chi connectivity index (χ1v) is 3.66. The van der Waals surface area contributed by atoms with E-state index < -0.39 is 17.5 Å². The number of aromatic carboxylic acids is 1. The van der Waals surface area contributed by atoms with E-state index in [1.165, 1.54) is 6.20 Å². The highest BCUT2D eigenvalue weighted by Gasteiger charge is 2.13. The number of halogens is 1. The van der Waals surface area contributed by atoms with E-state index in [9.17, 15) is 9.18 Å². The molecule has 0 aliphatic heterocycles. The SMILES string of the molecule is C[C@@H](N)c1cnc(C(=O)O)c(F)c1. The summed E-state index contributed by atoms with van der Waals surface area (Å²) in [6, 6.07) is 0.728. The number of hydrogen-bond donors (Lipinski definition) is 2. The van der Waals surface area contributed by atoms with Crippen molar-refractivity contribution >= 4 is 5.97 Å². The summed E-state index contributed by atoms with van der Waals surface area (Å²) in [5, 5.41) is 8.46. The van der Waals surface area contributed by atoms with Crippen LogP contribution in [0.3, 0.4) is 0 Å². The van der Waals surface area contributed by atoms with E-state index >= 15 is 0 Å². The van der Waals surface area contributed by atoms with E-state index in [-0.39, 0.29) is 6.04 Å². The lowest BCUT2D eigenvalue weighted by atomic mass is 10.1. The summed E-state index contributed by atoms with van der Waals surface area (Å²) in [7, 11) is 0. The zero-order chi connectivity index (χ0) is 10.0. The first-order chi connectivity index (χ1) is 6.02. The van der Waals surface area contributed by atoms with Gasteiger partial charge in [-0.3, -0.25) is 0 Å². The minimum Gasteiger partial charge on any atom is -0.476 e. The zero-order valence-electron chi connectivity index (χ0n) is 6.99. The average molecular weight is 184 g/mol. The predicted octanol–water partition coefficient (Wildman–Crippen LogP) is 0.939. The molecule has 3 N–H and O–H groups in total. The number of nitrogens with zero attached hydrogens (tertiary/aromatic N) is 1. The van der Waals surface area contributed by atoms with Crippen molar-refractivity contribution < 1.29 is 14.3 Å². The lowest BCUT2D eigenvalue weighted by Gasteiger charge is -2.05. The van der Waals surface area contributed by atoms with Gasteiger partial charge in [0, 0.05) is 12.2 Å². The van der Waals surface area contributed by atoms with Crippen LogP contribution in [0.15, 0.2) is 12.3 Å². The van der Waals surface area contributed by atoms with Crippen LogP contribution in [0, 0.1) is 5.82 Å². The molecule has 1 aromatic rings. The monoisotopic (exact) mass is 184 g/mol. The van der Waals surface area contributed by atoms with Crippen molar-refractivity contribution in [2.75, 3.05) is 0 Å². The normalized spacial score (nSPS) is 12.5. The number of rotatable bonds is 2. The van der Waals surface area contributed by atoms with Gasteiger partial charge in [-0.05, 0) is 18.6 Å². The lowest BCUT2D eigenvalue weighted by Crippen LogP contribution is -2.09. The molecule has 0 radical (unpaired) electrons. The molecule has 5 heteroatoms. The molecule has 0 aliphatic rings. The Morgan fingerprint density at radius 2 is 2.38 bits per heavy atom. The number of hydrogen-bond acceptors (Lipinski definition) is 3. The van der Waals surface area contributed by atoms with Crippen LogP contribution in [0.1, 0.15) is 29.0 Å². The number of pyridine rings is 1. The number of carboxylic acid groups (broad SMARTS) is 1. The topological polar surface area (TPSA) is 76.2 Å². The van der Waals surface area contributed by atoms with Gasteiger partial charge in [-0.25, -0.2) is 14.2 Å². The Morgan fingerprint density at radius 3 is 2.77 bits per heavy atom. The van der Waals surface area contributed by atoms with Crippen molar-refractivity contribution in [3.63, 3.8) is 0 Å². The van der Waals surface area contributed by atoms with Crippen LogP contribution >= 0.6 is 0 Å². The fourth-order valence-corrected chi connectivity index (χ4v) is 0.859. The summed E-state index contributed by atoms with van der Waals surface area (Å²) in [6.45, 7) is 1.66. The maximum atomic E-state index is 13.0. The highest BCUT2D eigenvalue weighted by molar-refractivity contribution is 5.85. The Hall–Kier alpha value is -1.49. The molecule has 1 aromatic heterocycles. The molecule has 0 aliphatic carbocycles. The molecule has 1 atom stereocenters. The summed E-state index contributed by atoms with van der Waals surface area (Å²) in [4.78, 5) is 13.8. The van der Waals surface area contributed by atoms with Gasteiger partial charge < -0.3 is 10.8 Å². The minimum absolute atomic E-state index is 0.357. The van der Waals surface area contributed by atoms with E-state index in [4.69, 9.17) is 10.8 Å². The fraction of sp³-hybridized carbons (Fsp3) is 0.250. The molecule has 13 heavy (non-hydrogen) atoms. The van der Waals surface area contributed by atoms with E-state index in [2.05, 4.69) is 4.98 Å². The van der Waals surface area contributed by atoms with Gasteiger partial charge in [-0.2, -0.15) is 0 Å². The van der Waals surface area contributed by atoms with Gasteiger partial charge in [0.15, 0.2) is 11.5 Å². The van der Waals surface area contributed by atoms with Crippen molar-refractivity contribution in [2.24, 2.45) is 5.73 Å². The van der Waals surface area contributed by atoms with Crippen molar-refractivity contribution in [3.8, 4) is 0 Å². The van der Waals surface area contributed by atoms with E-state index in [0.29, 0.717) is 5.56 Å². The molecule has 0 fully saturated rings. The summed E-state index contributed by atoms with van der Waals surface area (Å²) >= 11 is 0. The minimum atomic E-state index is -1.38. The Balaban J connectivity index is 3.13. The molecule has 1 rings (SSSR count). The second-order valence-electron chi connectivity index (χ2n) is 2.69. The second-order valence-corrected chi connectivity index (χ2v) is 2.69. The molecular weight excluding hydrogens is 175 g/mol. The van der Waals surface area contributed by atoms with Gasteiger partial charge in [0.25, 0.3) is 0 Å². The number of nitrogens with two attached hydrogens (primary N) is 1.